The quantitative estimate of drug-likeness (QED) is 0.784. The Labute approximate surface area is 83.2 Å². The summed E-state index contributed by atoms with van der Waals surface area (Å²) >= 11 is 6.89. The summed E-state index contributed by atoms with van der Waals surface area (Å²) in [6.07, 6.45) is 0.978. The van der Waals surface area contributed by atoms with E-state index in [9.17, 15) is 0 Å². The molecule has 0 atom stereocenters. The molecule has 0 amide bonds. The smallest absolute Gasteiger partial charge is 0.0462 e. The monoisotopic (exact) mass is 277 g/mol. The first-order valence-electron chi connectivity index (χ1n) is 3.39. The summed E-state index contributed by atoms with van der Waals surface area (Å²) < 4.78 is 2.12. The molecule has 11 heavy (non-hydrogen) atoms. The number of nitrogens with two attached hydrogens (primary N) is 1. The summed E-state index contributed by atoms with van der Waals surface area (Å²) in [5, 5.41) is 0. The summed E-state index contributed by atoms with van der Waals surface area (Å²) in [6.45, 7) is 2.10. The predicted molar refractivity (Wildman–Crippen MR) is 55.6 cm³/mol. The second kappa shape index (κ2) is 3.59. The molecule has 0 bridgehead atoms. The van der Waals surface area contributed by atoms with Crippen LogP contribution in [0.3, 0.4) is 0 Å². The SMILES string of the molecule is CCc1c(Br)ccc(N)c1Br. The molecular formula is C8H9Br2N. The summed E-state index contributed by atoms with van der Waals surface area (Å²) in [6, 6.07) is 3.85. The van der Waals surface area contributed by atoms with Crippen molar-refractivity contribution in [1.82, 2.24) is 0 Å². The van der Waals surface area contributed by atoms with Crippen LogP contribution in [0.2, 0.25) is 0 Å². The first-order valence-corrected chi connectivity index (χ1v) is 4.97. The number of halogens is 2. The molecule has 0 saturated carbocycles. The summed E-state index contributed by atoms with van der Waals surface area (Å²) in [7, 11) is 0. The fourth-order valence-electron chi connectivity index (χ4n) is 0.940. The molecule has 0 spiro atoms. The molecule has 60 valence electrons. The highest BCUT2D eigenvalue weighted by molar-refractivity contribution is 9.11. The van der Waals surface area contributed by atoms with E-state index in [1.807, 2.05) is 12.1 Å². The molecule has 1 aromatic carbocycles. The molecule has 1 nitrogen and oxygen atoms in total. The molecule has 2 N–H and O–H groups in total. The van der Waals surface area contributed by atoms with Gasteiger partial charge in [-0.25, -0.2) is 0 Å². The molecule has 1 aromatic rings. The van der Waals surface area contributed by atoms with E-state index in [1.165, 1.54) is 5.56 Å². The van der Waals surface area contributed by atoms with Crippen molar-refractivity contribution in [3.63, 3.8) is 0 Å². The molecule has 0 saturated heterocycles. The lowest BCUT2D eigenvalue weighted by atomic mass is 10.1. The molecule has 0 aliphatic carbocycles. The lowest BCUT2D eigenvalue weighted by molar-refractivity contribution is 1.12. The van der Waals surface area contributed by atoms with Crippen molar-refractivity contribution in [2.75, 3.05) is 5.73 Å². The van der Waals surface area contributed by atoms with Gasteiger partial charge in [-0.05, 0) is 40.0 Å². The van der Waals surface area contributed by atoms with Crippen molar-refractivity contribution in [2.45, 2.75) is 13.3 Å². The average Bonchev–Trinajstić information content (AvgIpc) is 1.99. The van der Waals surface area contributed by atoms with Gasteiger partial charge in [-0.3, -0.25) is 0 Å². The van der Waals surface area contributed by atoms with E-state index in [1.54, 1.807) is 0 Å². The normalized spacial score (nSPS) is 10.1. The highest BCUT2D eigenvalue weighted by Crippen LogP contribution is 2.30. The van der Waals surface area contributed by atoms with E-state index in [-0.39, 0.29) is 0 Å². The Balaban J connectivity index is 3.29. The minimum absolute atomic E-state index is 0.796. The minimum atomic E-state index is 0.796. The number of benzene rings is 1. The maximum Gasteiger partial charge on any atom is 0.0462 e. The summed E-state index contributed by atoms with van der Waals surface area (Å²) in [4.78, 5) is 0. The fourth-order valence-corrected chi connectivity index (χ4v) is 2.44. The van der Waals surface area contributed by atoms with Crippen molar-refractivity contribution < 1.29 is 0 Å². The van der Waals surface area contributed by atoms with Crippen molar-refractivity contribution in [3.05, 3.63) is 26.6 Å². The van der Waals surface area contributed by atoms with Crippen molar-refractivity contribution in [1.29, 1.82) is 0 Å². The third-order valence-corrected chi connectivity index (χ3v) is 3.25. The summed E-state index contributed by atoms with van der Waals surface area (Å²) in [5.41, 5.74) is 7.72. The van der Waals surface area contributed by atoms with Crippen LogP contribution in [-0.4, -0.2) is 0 Å². The number of nitrogen functional groups attached to an aromatic ring is 1. The van der Waals surface area contributed by atoms with Crippen LogP contribution in [0.1, 0.15) is 12.5 Å². The highest BCUT2D eigenvalue weighted by Gasteiger charge is 2.04. The van der Waals surface area contributed by atoms with Crippen LogP contribution in [0.15, 0.2) is 21.1 Å². The van der Waals surface area contributed by atoms with E-state index in [0.717, 1.165) is 21.1 Å². The zero-order valence-electron chi connectivity index (χ0n) is 6.20. The molecule has 0 aliphatic heterocycles. The molecule has 1 rings (SSSR count). The van der Waals surface area contributed by atoms with E-state index in [0.29, 0.717) is 0 Å². The van der Waals surface area contributed by atoms with Gasteiger partial charge in [0.25, 0.3) is 0 Å². The second-order valence-corrected chi connectivity index (χ2v) is 3.93. The topological polar surface area (TPSA) is 26.0 Å². The van der Waals surface area contributed by atoms with Gasteiger partial charge in [0.15, 0.2) is 0 Å². The van der Waals surface area contributed by atoms with Crippen LogP contribution in [0, 0.1) is 0 Å². The molecule has 0 unspecified atom stereocenters. The fraction of sp³-hybridized carbons (Fsp3) is 0.250. The number of hydrogen-bond acceptors (Lipinski definition) is 1. The van der Waals surface area contributed by atoms with Crippen LogP contribution >= 0.6 is 31.9 Å². The van der Waals surface area contributed by atoms with Gasteiger partial charge in [-0.2, -0.15) is 0 Å². The van der Waals surface area contributed by atoms with E-state index >= 15 is 0 Å². The van der Waals surface area contributed by atoms with Crippen LogP contribution in [-0.2, 0) is 6.42 Å². The minimum Gasteiger partial charge on any atom is -0.398 e. The van der Waals surface area contributed by atoms with Crippen LogP contribution in [0.25, 0.3) is 0 Å². The van der Waals surface area contributed by atoms with Crippen molar-refractivity contribution in [2.24, 2.45) is 0 Å². The van der Waals surface area contributed by atoms with Gasteiger partial charge in [-0.1, -0.05) is 22.9 Å². The zero-order chi connectivity index (χ0) is 8.43. The van der Waals surface area contributed by atoms with E-state index in [2.05, 4.69) is 38.8 Å². The Morgan fingerprint density at radius 2 is 2.00 bits per heavy atom. The Bertz CT molecular complexity index is 271. The molecule has 0 heterocycles. The standard InChI is InChI=1S/C8H9Br2N/c1-2-5-6(9)3-4-7(11)8(5)10/h3-4H,2,11H2,1H3. The number of anilines is 1. The van der Waals surface area contributed by atoms with Crippen molar-refractivity contribution >= 4 is 37.5 Å². The first-order chi connectivity index (χ1) is 5.16. The van der Waals surface area contributed by atoms with Crippen LogP contribution in [0.4, 0.5) is 5.69 Å². The Morgan fingerprint density at radius 1 is 1.36 bits per heavy atom. The van der Waals surface area contributed by atoms with E-state index < -0.39 is 0 Å². The largest absolute Gasteiger partial charge is 0.398 e. The Morgan fingerprint density at radius 3 is 2.45 bits per heavy atom. The maximum absolute atomic E-state index is 5.70. The van der Waals surface area contributed by atoms with Gasteiger partial charge in [0.05, 0.1) is 0 Å². The molecule has 0 radical (unpaired) electrons. The van der Waals surface area contributed by atoms with Crippen molar-refractivity contribution in [3.8, 4) is 0 Å². The van der Waals surface area contributed by atoms with Gasteiger partial charge in [0.2, 0.25) is 0 Å². The van der Waals surface area contributed by atoms with Gasteiger partial charge in [0.1, 0.15) is 0 Å². The lowest BCUT2D eigenvalue weighted by Gasteiger charge is -2.06. The van der Waals surface area contributed by atoms with Gasteiger partial charge in [-0.15, -0.1) is 0 Å². The average molecular weight is 279 g/mol. The molecule has 3 heteroatoms. The van der Waals surface area contributed by atoms with Gasteiger partial charge >= 0.3 is 0 Å². The zero-order valence-corrected chi connectivity index (χ0v) is 9.37. The number of hydrogen-bond donors (Lipinski definition) is 1. The van der Waals surface area contributed by atoms with Gasteiger partial charge in [0, 0.05) is 14.6 Å². The third kappa shape index (κ3) is 1.76. The van der Waals surface area contributed by atoms with Crippen LogP contribution < -0.4 is 5.73 Å². The second-order valence-electron chi connectivity index (χ2n) is 2.28. The van der Waals surface area contributed by atoms with Crippen LogP contribution in [0.5, 0.6) is 0 Å². The van der Waals surface area contributed by atoms with E-state index in [4.69, 9.17) is 5.73 Å². The first kappa shape index (κ1) is 9.07. The molecule has 0 aromatic heterocycles. The van der Waals surface area contributed by atoms with Gasteiger partial charge < -0.3 is 5.73 Å². The predicted octanol–water partition coefficient (Wildman–Crippen LogP) is 3.36. The molecular weight excluding hydrogens is 270 g/mol. The Hall–Kier alpha value is -0.0200. The third-order valence-electron chi connectivity index (χ3n) is 1.57. The molecule has 0 aliphatic rings. The number of rotatable bonds is 1. The lowest BCUT2D eigenvalue weighted by Crippen LogP contribution is -1.92. The molecule has 0 fully saturated rings. The highest BCUT2D eigenvalue weighted by atomic mass is 79.9. The Kier molecular flexibility index (Phi) is 2.96. The summed E-state index contributed by atoms with van der Waals surface area (Å²) in [5.74, 6) is 0. The maximum atomic E-state index is 5.70.